The first-order valence-corrected chi connectivity index (χ1v) is 40.2. The van der Waals surface area contributed by atoms with Crippen molar-refractivity contribution in [1.29, 1.82) is 0 Å². The minimum absolute atomic E-state index is 0.0507. The summed E-state index contributed by atoms with van der Waals surface area (Å²) >= 11 is 0. The van der Waals surface area contributed by atoms with Crippen molar-refractivity contribution in [1.82, 2.24) is 0 Å². The minimum Gasteiger partial charge on any atom is -0.462 e. The molecule has 0 aliphatic rings. The molecule has 2 atom stereocenters. The van der Waals surface area contributed by atoms with Crippen molar-refractivity contribution in [3.8, 4) is 0 Å². The van der Waals surface area contributed by atoms with Gasteiger partial charge in [0.15, 0.2) is 6.10 Å². The van der Waals surface area contributed by atoms with Gasteiger partial charge in [0.05, 0.1) is 13.2 Å². The minimum atomic E-state index is -4.40. The van der Waals surface area contributed by atoms with Crippen LogP contribution in [-0.2, 0) is 32.7 Å². The van der Waals surface area contributed by atoms with Gasteiger partial charge >= 0.3 is 19.8 Å². The number of phosphoric ester groups is 1. The highest BCUT2D eigenvalue weighted by Gasteiger charge is 2.26. The third-order valence-electron chi connectivity index (χ3n) is 16.5. The fourth-order valence-corrected chi connectivity index (χ4v) is 11.7. The molecule has 10 heteroatoms. The fraction of sp³-hybridized carbons (Fsp3) is 0.711. The zero-order valence-electron chi connectivity index (χ0n) is 60.2. The second kappa shape index (κ2) is 77.2. The first-order chi connectivity index (χ1) is 45.8. The maximum absolute atomic E-state index is 12.8. The molecular formula is C83H144NO8P. The monoisotopic (exact) mass is 1310 g/mol. The van der Waals surface area contributed by atoms with Gasteiger partial charge in [-0.3, -0.25) is 18.6 Å². The zero-order chi connectivity index (χ0) is 67.2. The quantitative estimate of drug-likeness (QED) is 0.0264. The van der Waals surface area contributed by atoms with E-state index in [1.165, 1.54) is 205 Å². The van der Waals surface area contributed by atoms with E-state index in [1.54, 1.807) is 0 Å². The Morgan fingerprint density at radius 1 is 0.323 bits per heavy atom. The van der Waals surface area contributed by atoms with Crippen LogP contribution in [-0.4, -0.2) is 49.3 Å². The number of carbonyl (C=O) groups excluding carboxylic acids is 2. The summed E-state index contributed by atoms with van der Waals surface area (Å²) in [5, 5.41) is 0. The number of hydrogen-bond acceptors (Lipinski definition) is 8. The van der Waals surface area contributed by atoms with E-state index in [2.05, 4.69) is 148 Å². The number of allylic oxidation sites excluding steroid dienone is 22. The number of rotatable bonds is 72. The smallest absolute Gasteiger partial charge is 0.462 e. The van der Waals surface area contributed by atoms with Gasteiger partial charge in [0.2, 0.25) is 0 Å². The Morgan fingerprint density at radius 3 is 0.828 bits per heavy atom. The third kappa shape index (κ3) is 77.0. The van der Waals surface area contributed by atoms with Crippen LogP contribution in [0.15, 0.2) is 134 Å². The van der Waals surface area contributed by atoms with Crippen molar-refractivity contribution in [3.05, 3.63) is 134 Å². The number of carbonyl (C=O) groups is 2. The molecule has 0 bridgehead atoms. The molecule has 9 nitrogen and oxygen atoms in total. The predicted octanol–water partition coefficient (Wildman–Crippen LogP) is 26.0. The van der Waals surface area contributed by atoms with Crippen LogP contribution in [0.1, 0.15) is 348 Å². The Hall–Kier alpha value is -3.85. The summed E-state index contributed by atoms with van der Waals surface area (Å²) in [6, 6.07) is 0. The summed E-state index contributed by atoms with van der Waals surface area (Å²) in [4.78, 5) is 35.5. The normalized spacial score (nSPS) is 13.6. The van der Waals surface area contributed by atoms with E-state index in [0.717, 1.165) is 109 Å². The predicted molar refractivity (Wildman–Crippen MR) is 404 cm³/mol. The van der Waals surface area contributed by atoms with Crippen molar-refractivity contribution in [2.24, 2.45) is 5.73 Å². The van der Waals surface area contributed by atoms with Crippen LogP contribution >= 0.6 is 7.82 Å². The molecule has 0 heterocycles. The van der Waals surface area contributed by atoms with Gasteiger partial charge < -0.3 is 20.1 Å². The Morgan fingerprint density at radius 2 is 0.559 bits per heavy atom. The average molecular weight is 1320 g/mol. The molecule has 0 aliphatic carbocycles. The van der Waals surface area contributed by atoms with Crippen LogP contribution in [0.2, 0.25) is 0 Å². The van der Waals surface area contributed by atoms with Gasteiger partial charge in [-0.15, -0.1) is 0 Å². The van der Waals surface area contributed by atoms with E-state index in [4.69, 9.17) is 24.3 Å². The molecule has 0 aromatic heterocycles. The van der Waals surface area contributed by atoms with Crippen molar-refractivity contribution >= 4 is 19.8 Å². The molecule has 0 spiro atoms. The summed E-state index contributed by atoms with van der Waals surface area (Å²) in [5.74, 6) is -0.817. The second-order valence-corrected chi connectivity index (χ2v) is 26.9. The Kier molecular flexibility index (Phi) is 74.0. The summed E-state index contributed by atoms with van der Waals surface area (Å²) in [7, 11) is -4.40. The van der Waals surface area contributed by atoms with Gasteiger partial charge in [-0.05, 0) is 109 Å². The molecule has 0 fully saturated rings. The third-order valence-corrected chi connectivity index (χ3v) is 17.5. The molecule has 3 N–H and O–H groups in total. The molecule has 0 saturated carbocycles. The van der Waals surface area contributed by atoms with Crippen molar-refractivity contribution < 1.29 is 37.6 Å². The van der Waals surface area contributed by atoms with E-state index in [9.17, 15) is 19.0 Å². The molecule has 0 rings (SSSR count). The highest BCUT2D eigenvalue weighted by Crippen LogP contribution is 2.43. The number of ether oxygens (including phenoxy) is 2. The number of unbranched alkanes of at least 4 members (excludes halogenated alkanes) is 37. The summed E-state index contributed by atoms with van der Waals surface area (Å²) in [5.41, 5.74) is 5.41. The number of phosphoric acid groups is 1. The first kappa shape index (κ1) is 89.2. The van der Waals surface area contributed by atoms with Gasteiger partial charge in [0.25, 0.3) is 0 Å². The largest absolute Gasteiger partial charge is 0.472 e. The SMILES string of the molecule is CC/C=C\C/C=C\C/C=C\C/C=C\C/C=C\C/C=C\C/C=C\CCCCCCCCCCCCCCCCCC(=O)OC(COC(=O)CCCCCCCCCCCCCCCCCCCCCCCC/C=C\C/C=C\C/C=C\C/C=C\CC)COP(=O)(O)OCCN. The molecule has 534 valence electrons. The Balaban J connectivity index is 3.83. The van der Waals surface area contributed by atoms with Crippen LogP contribution in [0.25, 0.3) is 0 Å². The fourth-order valence-electron chi connectivity index (χ4n) is 10.9. The van der Waals surface area contributed by atoms with Crippen LogP contribution in [0.4, 0.5) is 0 Å². The van der Waals surface area contributed by atoms with Gasteiger partial charge in [0.1, 0.15) is 6.61 Å². The lowest BCUT2D eigenvalue weighted by atomic mass is 10.0. The molecule has 0 radical (unpaired) electrons. The number of esters is 2. The lowest BCUT2D eigenvalue weighted by Gasteiger charge is -2.19. The number of hydrogen-bond donors (Lipinski definition) is 2. The summed E-state index contributed by atoms with van der Waals surface area (Å²) in [6.45, 7) is 3.56. The lowest BCUT2D eigenvalue weighted by molar-refractivity contribution is -0.161. The van der Waals surface area contributed by atoms with Gasteiger partial charge in [-0.25, -0.2) is 4.57 Å². The highest BCUT2D eigenvalue weighted by molar-refractivity contribution is 7.47. The second-order valence-electron chi connectivity index (χ2n) is 25.5. The maximum Gasteiger partial charge on any atom is 0.472 e. The summed E-state index contributed by atoms with van der Waals surface area (Å²) in [6.07, 6.45) is 110. The van der Waals surface area contributed by atoms with E-state index >= 15 is 0 Å². The molecule has 93 heavy (non-hydrogen) atoms. The summed E-state index contributed by atoms with van der Waals surface area (Å²) < 4.78 is 33.3. The van der Waals surface area contributed by atoms with E-state index in [1.807, 2.05) is 0 Å². The molecule has 0 saturated heterocycles. The maximum atomic E-state index is 12.8. The van der Waals surface area contributed by atoms with E-state index in [0.29, 0.717) is 6.42 Å². The molecule has 0 aromatic rings. The van der Waals surface area contributed by atoms with Crippen molar-refractivity contribution in [3.63, 3.8) is 0 Å². The zero-order valence-corrected chi connectivity index (χ0v) is 61.1. The van der Waals surface area contributed by atoms with E-state index in [-0.39, 0.29) is 38.6 Å². The topological polar surface area (TPSA) is 134 Å². The van der Waals surface area contributed by atoms with Crippen molar-refractivity contribution in [2.45, 2.75) is 354 Å². The Labute approximate surface area is 574 Å². The van der Waals surface area contributed by atoms with Gasteiger partial charge in [0, 0.05) is 19.4 Å². The van der Waals surface area contributed by atoms with Crippen molar-refractivity contribution in [2.75, 3.05) is 26.4 Å². The molecule has 2 unspecified atom stereocenters. The average Bonchev–Trinajstić information content (AvgIpc) is 3.04. The van der Waals surface area contributed by atoms with Crippen LogP contribution in [0, 0.1) is 0 Å². The molecule has 0 aromatic carbocycles. The Bertz CT molecular complexity index is 1990. The lowest BCUT2D eigenvalue weighted by Crippen LogP contribution is -2.29. The molecule has 0 amide bonds. The van der Waals surface area contributed by atoms with E-state index < -0.39 is 26.5 Å². The standard InChI is InChI=1S/C83H144NO8P/c1-3-5-7-9-11-13-15-17-19-21-23-25-27-29-31-33-35-37-39-40-42-44-46-48-50-52-54-56-58-60-62-64-66-68-70-72-74-76-83(86)92-81(80-91-93(87,88)90-78-77-84)79-89-82(85)75-73-71-69-67-65-63-61-59-57-55-53-51-49-47-45-43-41-38-36-34-32-30-28-26-24-22-20-18-16-14-12-10-8-6-4-2/h5-8,11-14,17-20,23-26,29,31,35,37,40,42,81H,3-4,9-10,15-16,21-22,27-28,30,32-34,36,38-39,41,43-80,84H2,1-2H3,(H,87,88)/b7-5-,8-6-,13-11-,14-12-,19-17-,20-18-,25-23-,26-24-,31-29-,37-35-,42-40-. The van der Waals surface area contributed by atoms with Gasteiger partial charge in [-0.1, -0.05) is 359 Å². The van der Waals surface area contributed by atoms with Crippen LogP contribution < -0.4 is 5.73 Å². The molecular weight excluding hydrogens is 1170 g/mol. The van der Waals surface area contributed by atoms with Crippen LogP contribution in [0.3, 0.4) is 0 Å². The molecule has 0 aliphatic heterocycles. The highest BCUT2D eigenvalue weighted by atomic mass is 31.2. The first-order valence-electron chi connectivity index (χ1n) is 38.7. The van der Waals surface area contributed by atoms with Gasteiger partial charge in [-0.2, -0.15) is 0 Å². The van der Waals surface area contributed by atoms with Crippen LogP contribution in [0.5, 0.6) is 0 Å². The number of nitrogens with two attached hydrogens (primary N) is 1.